The van der Waals surface area contributed by atoms with Crippen molar-refractivity contribution in [3.63, 3.8) is 0 Å². The molecule has 1 fully saturated rings. The quantitative estimate of drug-likeness (QED) is 0.671. The van der Waals surface area contributed by atoms with Gasteiger partial charge in [-0.15, -0.1) is 0 Å². The van der Waals surface area contributed by atoms with Crippen LogP contribution in [0.2, 0.25) is 0 Å². The van der Waals surface area contributed by atoms with Gasteiger partial charge in [0, 0.05) is 28.4 Å². The van der Waals surface area contributed by atoms with E-state index in [4.69, 9.17) is 18.9 Å². The Balaban J connectivity index is 3.44. The van der Waals surface area contributed by atoms with E-state index in [-0.39, 0.29) is 0 Å². The van der Waals surface area contributed by atoms with Crippen LogP contribution in [0.1, 0.15) is 6.92 Å². The first-order valence-corrected chi connectivity index (χ1v) is 5.05. The van der Waals surface area contributed by atoms with E-state index in [1.54, 1.807) is 6.92 Å². The average Bonchev–Trinajstić information content (AvgIpc) is 2.38. The fraction of sp³-hybridized carbons (Fsp3) is 0.818. The third-order valence-corrected chi connectivity index (χ3v) is 3.73. The third-order valence-electron chi connectivity index (χ3n) is 3.73. The predicted octanol–water partition coefficient (Wildman–Crippen LogP) is 0.648. The first-order valence-electron chi connectivity index (χ1n) is 5.05. The summed E-state index contributed by atoms with van der Waals surface area (Å²) in [6.45, 7) is 1.69. The van der Waals surface area contributed by atoms with Crippen LogP contribution in [0.3, 0.4) is 0 Å². The van der Waals surface area contributed by atoms with Crippen molar-refractivity contribution in [3.05, 3.63) is 0 Å². The average molecular weight is 240 g/mol. The summed E-state index contributed by atoms with van der Waals surface area (Å²) in [7, 11) is 5.55. The highest BCUT2D eigenvalue weighted by molar-refractivity contribution is 5.36. The van der Waals surface area contributed by atoms with Crippen LogP contribution in [0.25, 0.3) is 0 Å². The van der Waals surface area contributed by atoms with Gasteiger partial charge in [-0.3, -0.25) is 0 Å². The molecule has 0 aromatic carbocycles. The zero-order chi connectivity index (χ0) is 13.3. The van der Waals surface area contributed by atoms with E-state index in [1.165, 1.54) is 28.4 Å². The fourth-order valence-corrected chi connectivity index (χ4v) is 2.81. The maximum Gasteiger partial charge on any atom is 0.257 e. The number of methoxy groups -OCH3 is 4. The molecule has 0 N–H and O–H groups in total. The van der Waals surface area contributed by atoms with Crippen LogP contribution in [0.4, 0.5) is 0 Å². The molecule has 1 aliphatic carbocycles. The maximum atomic E-state index is 9.28. The SMILES string of the molecule is COC1(OC)[C@@H](C)C(C#N)(C#N)C1(OC)OC. The largest absolute Gasteiger partial charge is 0.348 e. The second kappa shape index (κ2) is 4.25. The summed E-state index contributed by atoms with van der Waals surface area (Å²) >= 11 is 0. The van der Waals surface area contributed by atoms with E-state index in [0.717, 1.165) is 0 Å². The highest BCUT2D eigenvalue weighted by atomic mass is 16.8. The van der Waals surface area contributed by atoms with E-state index in [0.29, 0.717) is 0 Å². The van der Waals surface area contributed by atoms with Crippen molar-refractivity contribution < 1.29 is 18.9 Å². The van der Waals surface area contributed by atoms with Crippen LogP contribution in [-0.4, -0.2) is 40.0 Å². The van der Waals surface area contributed by atoms with Gasteiger partial charge in [-0.1, -0.05) is 6.92 Å². The van der Waals surface area contributed by atoms with Crippen molar-refractivity contribution >= 4 is 0 Å². The minimum Gasteiger partial charge on any atom is -0.348 e. The van der Waals surface area contributed by atoms with Gasteiger partial charge in [0.15, 0.2) is 0 Å². The lowest BCUT2D eigenvalue weighted by Crippen LogP contribution is -2.83. The minimum atomic E-state index is -1.56. The maximum absolute atomic E-state index is 9.28. The van der Waals surface area contributed by atoms with Crippen LogP contribution in [0, 0.1) is 34.0 Å². The van der Waals surface area contributed by atoms with E-state index in [1.807, 2.05) is 12.1 Å². The highest BCUT2D eigenvalue weighted by Gasteiger charge is 2.85. The number of ether oxygens (including phenoxy) is 4. The van der Waals surface area contributed by atoms with E-state index >= 15 is 0 Å². The molecule has 94 valence electrons. The van der Waals surface area contributed by atoms with Gasteiger partial charge in [0.05, 0.1) is 18.1 Å². The molecule has 0 aliphatic heterocycles. The van der Waals surface area contributed by atoms with Crippen molar-refractivity contribution in [2.75, 3.05) is 28.4 Å². The number of rotatable bonds is 4. The van der Waals surface area contributed by atoms with Gasteiger partial charge in [0.25, 0.3) is 5.79 Å². The number of hydrogen-bond donors (Lipinski definition) is 0. The number of hydrogen-bond acceptors (Lipinski definition) is 6. The molecule has 0 radical (unpaired) electrons. The first kappa shape index (κ1) is 13.9. The molecule has 1 atom stereocenters. The molecule has 0 spiro atoms. The minimum absolute atomic E-state index is 0.514. The lowest BCUT2D eigenvalue weighted by molar-refractivity contribution is -0.494. The molecule has 6 nitrogen and oxygen atoms in total. The van der Waals surface area contributed by atoms with Crippen molar-refractivity contribution in [1.29, 1.82) is 10.5 Å². The first-order chi connectivity index (χ1) is 8.02. The van der Waals surface area contributed by atoms with Crippen LogP contribution in [-0.2, 0) is 18.9 Å². The molecule has 0 amide bonds. The van der Waals surface area contributed by atoms with E-state index in [2.05, 4.69) is 0 Å². The molecule has 0 aromatic heterocycles. The summed E-state index contributed by atoms with van der Waals surface area (Å²) in [5.41, 5.74) is -1.47. The Hall–Kier alpha value is -1.18. The van der Waals surface area contributed by atoms with Gasteiger partial charge in [-0.25, -0.2) is 0 Å². The summed E-state index contributed by atoms with van der Waals surface area (Å²) in [6.07, 6.45) is 0. The lowest BCUT2D eigenvalue weighted by Gasteiger charge is -2.64. The summed E-state index contributed by atoms with van der Waals surface area (Å²) in [5, 5.41) is 18.6. The van der Waals surface area contributed by atoms with Gasteiger partial charge < -0.3 is 18.9 Å². The Kier molecular flexibility index (Phi) is 3.47. The van der Waals surface area contributed by atoms with Crippen LogP contribution in [0.15, 0.2) is 0 Å². The van der Waals surface area contributed by atoms with Crippen molar-refractivity contribution in [1.82, 2.24) is 0 Å². The Labute approximate surface area is 101 Å². The summed E-state index contributed by atoms with van der Waals surface area (Å²) < 4.78 is 21.2. The van der Waals surface area contributed by atoms with Gasteiger partial charge >= 0.3 is 0 Å². The van der Waals surface area contributed by atoms with Crippen LogP contribution in [0.5, 0.6) is 0 Å². The van der Waals surface area contributed by atoms with E-state index in [9.17, 15) is 10.5 Å². The molecule has 17 heavy (non-hydrogen) atoms. The van der Waals surface area contributed by atoms with Gasteiger partial charge in [-0.05, 0) is 0 Å². The number of nitrogens with zero attached hydrogens (tertiary/aromatic N) is 2. The highest BCUT2D eigenvalue weighted by Crippen LogP contribution is 2.64. The molecule has 0 saturated heterocycles. The topological polar surface area (TPSA) is 84.5 Å². The molecule has 1 saturated carbocycles. The van der Waals surface area contributed by atoms with Crippen molar-refractivity contribution in [2.24, 2.45) is 11.3 Å². The standard InChI is InChI=1S/C11H16N2O4/c1-8-9(6-12,7-13)11(16-4,17-5)10(8,14-2)15-3/h8H,1-5H3/t8-/m0/s1. The van der Waals surface area contributed by atoms with Gasteiger partial charge in [0.2, 0.25) is 11.2 Å². The summed E-state index contributed by atoms with van der Waals surface area (Å²) in [4.78, 5) is 0. The van der Waals surface area contributed by atoms with E-state index < -0.39 is 22.9 Å². The molecular weight excluding hydrogens is 224 g/mol. The zero-order valence-corrected chi connectivity index (χ0v) is 10.6. The molecule has 1 aliphatic rings. The smallest absolute Gasteiger partial charge is 0.257 e. The second-order valence-corrected chi connectivity index (χ2v) is 3.85. The fourth-order valence-electron chi connectivity index (χ4n) is 2.81. The molecular formula is C11H16N2O4. The van der Waals surface area contributed by atoms with Crippen molar-refractivity contribution in [3.8, 4) is 12.1 Å². The van der Waals surface area contributed by atoms with Gasteiger partial charge in [0.1, 0.15) is 0 Å². The van der Waals surface area contributed by atoms with Crippen LogP contribution >= 0.6 is 0 Å². The lowest BCUT2D eigenvalue weighted by atomic mass is 9.52. The van der Waals surface area contributed by atoms with Crippen LogP contribution < -0.4 is 0 Å². The third kappa shape index (κ3) is 1.11. The Morgan fingerprint density at radius 2 is 1.29 bits per heavy atom. The number of nitriles is 2. The normalized spacial score (nSPS) is 27.6. The Bertz CT molecular complexity index is 360. The monoisotopic (exact) mass is 240 g/mol. The molecule has 0 bridgehead atoms. The summed E-state index contributed by atoms with van der Waals surface area (Å²) in [5.74, 6) is -3.35. The molecule has 0 heterocycles. The second-order valence-electron chi connectivity index (χ2n) is 3.85. The zero-order valence-electron chi connectivity index (χ0n) is 10.6. The molecule has 0 aromatic rings. The Morgan fingerprint density at radius 1 is 0.882 bits per heavy atom. The Morgan fingerprint density at radius 3 is 1.53 bits per heavy atom. The molecule has 6 heteroatoms. The predicted molar refractivity (Wildman–Crippen MR) is 56.3 cm³/mol. The molecule has 0 unspecified atom stereocenters. The van der Waals surface area contributed by atoms with Crippen molar-refractivity contribution in [2.45, 2.75) is 18.5 Å². The molecule has 1 rings (SSSR count). The van der Waals surface area contributed by atoms with Gasteiger partial charge in [-0.2, -0.15) is 10.5 Å². The summed E-state index contributed by atoms with van der Waals surface area (Å²) in [6, 6.07) is 3.92.